The van der Waals surface area contributed by atoms with Gasteiger partial charge in [0.2, 0.25) is 0 Å². The molecule has 2 fully saturated rings. The predicted octanol–water partition coefficient (Wildman–Crippen LogP) is 4.48. The summed E-state index contributed by atoms with van der Waals surface area (Å²) in [5, 5.41) is 15.7. The molecule has 0 spiro atoms. The van der Waals surface area contributed by atoms with E-state index in [0.717, 1.165) is 37.0 Å². The number of pyridine rings is 1. The van der Waals surface area contributed by atoms with E-state index in [1.807, 2.05) is 13.8 Å². The summed E-state index contributed by atoms with van der Waals surface area (Å²) in [6, 6.07) is 1.43. The molecule has 0 radical (unpaired) electrons. The maximum Gasteiger partial charge on any atom is 0.280 e. The molecule has 3 N–H and O–H groups in total. The predicted molar refractivity (Wildman–Crippen MR) is 134 cm³/mol. The number of nitrogens with zero attached hydrogens (tertiary/aromatic N) is 3. The molecule has 2 aromatic heterocycles. The van der Waals surface area contributed by atoms with Crippen LogP contribution in [0.2, 0.25) is 0 Å². The van der Waals surface area contributed by atoms with Crippen LogP contribution in [-0.4, -0.2) is 62.6 Å². The second-order valence-electron chi connectivity index (χ2n) is 10.4. The smallest absolute Gasteiger partial charge is 0.280 e. The van der Waals surface area contributed by atoms with Gasteiger partial charge in [0.25, 0.3) is 18.2 Å². The van der Waals surface area contributed by atoms with Crippen LogP contribution < -0.4 is 10.6 Å². The molecule has 1 saturated carbocycles. The molecule has 11 heteroatoms. The van der Waals surface area contributed by atoms with Crippen molar-refractivity contribution >= 4 is 29.0 Å². The lowest BCUT2D eigenvalue weighted by atomic mass is 10.1. The number of carbonyl (C=O) groups excluding carboxylic acids is 2. The Labute approximate surface area is 213 Å². The summed E-state index contributed by atoms with van der Waals surface area (Å²) in [7, 11) is 0. The first-order chi connectivity index (χ1) is 16.9. The number of nitrogens with one attached hydrogen (secondary N) is 2. The van der Waals surface area contributed by atoms with Gasteiger partial charge in [-0.1, -0.05) is 0 Å². The number of hydrogen-bond acceptors (Lipinski definition) is 7. The van der Waals surface area contributed by atoms with Gasteiger partial charge in [0.1, 0.15) is 11.5 Å². The third-order valence-corrected chi connectivity index (χ3v) is 7.73. The molecule has 4 rings (SSSR count). The maximum absolute atomic E-state index is 14.2. The zero-order chi connectivity index (χ0) is 26.2. The van der Waals surface area contributed by atoms with Crippen molar-refractivity contribution in [3.63, 3.8) is 0 Å². The molecule has 2 aromatic rings. The first-order valence-corrected chi connectivity index (χ1v) is 13.1. The summed E-state index contributed by atoms with van der Waals surface area (Å²) in [5.41, 5.74) is -1.36. The van der Waals surface area contributed by atoms with E-state index >= 15 is 0 Å². The number of aromatic nitrogens is 2. The standard InChI is InChI=1S/C25H33F2N5O3S/c1-13-6-5-9-32(13)24(34)19-20(36-23(31-19)22(33)29-12-25(3,4)35)17-11-28-18(10-16(17)21(26)27)30-14(2)15-7-8-15/h10-11,13-15,21,35H,5-9,12H2,1-4H3,(H,28,30)(H,29,33)/t13-,14?/m0/s1. The van der Waals surface area contributed by atoms with Crippen LogP contribution in [0.15, 0.2) is 12.3 Å². The normalized spacial score (nSPS) is 19.0. The fourth-order valence-corrected chi connectivity index (χ4v) is 5.36. The molecule has 1 saturated heterocycles. The maximum atomic E-state index is 14.2. The van der Waals surface area contributed by atoms with Gasteiger partial charge in [-0.2, -0.15) is 0 Å². The van der Waals surface area contributed by atoms with E-state index in [-0.39, 0.29) is 45.3 Å². The second kappa shape index (κ2) is 10.4. The van der Waals surface area contributed by atoms with Gasteiger partial charge in [0, 0.05) is 42.5 Å². The lowest BCUT2D eigenvalue weighted by Gasteiger charge is -2.21. The van der Waals surface area contributed by atoms with Crippen LogP contribution in [0.1, 0.15) is 85.7 Å². The molecule has 36 heavy (non-hydrogen) atoms. The molecule has 1 aliphatic heterocycles. The highest BCUT2D eigenvalue weighted by Crippen LogP contribution is 2.39. The topological polar surface area (TPSA) is 107 Å². The molecule has 1 unspecified atom stereocenters. The molecule has 8 nitrogen and oxygen atoms in total. The molecule has 2 aliphatic rings. The fraction of sp³-hybridized carbons (Fsp3) is 0.600. The minimum Gasteiger partial charge on any atom is -0.389 e. The van der Waals surface area contributed by atoms with Crippen molar-refractivity contribution in [1.29, 1.82) is 0 Å². The highest BCUT2D eigenvalue weighted by Gasteiger charge is 2.33. The third-order valence-electron chi connectivity index (χ3n) is 6.64. The van der Waals surface area contributed by atoms with E-state index in [9.17, 15) is 23.5 Å². The number of carbonyl (C=O) groups is 2. The zero-order valence-electron chi connectivity index (χ0n) is 21.0. The average Bonchev–Trinajstić information content (AvgIpc) is 3.44. The summed E-state index contributed by atoms with van der Waals surface area (Å²) in [5.74, 6) is -0.112. The van der Waals surface area contributed by atoms with E-state index < -0.39 is 23.8 Å². The molecule has 3 heterocycles. The Kier molecular flexibility index (Phi) is 7.61. The summed E-state index contributed by atoms with van der Waals surface area (Å²) in [6.45, 7) is 7.54. The summed E-state index contributed by atoms with van der Waals surface area (Å²) in [6.07, 6.45) is 2.41. The van der Waals surface area contributed by atoms with Crippen LogP contribution in [0.4, 0.5) is 14.6 Å². The number of amides is 2. The van der Waals surface area contributed by atoms with Crippen LogP contribution in [-0.2, 0) is 0 Å². The van der Waals surface area contributed by atoms with Gasteiger partial charge in [-0.15, -0.1) is 11.3 Å². The molecular formula is C25H33F2N5O3S. The number of alkyl halides is 2. The van der Waals surface area contributed by atoms with Crippen LogP contribution in [0.5, 0.6) is 0 Å². The number of anilines is 1. The van der Waals surface area contributed by atoms with Gasteiger partial charge in [0.05, 0.1) is 10.5 Å². The summed E-state index contributed by atoms with van der Waals surface area (Å²) >= 11 is 0.880. The number of thiazole rings is 1. The number of hydrogen-bond donors (Lipinski definition) is 3. The van der Waals surface area contributed by atoms with Crippen LogP contribution in [0, 0.1) is 5.92 Å². The first-order valence-electron chi connectivity index (χ1n) is 12.3. The molecule has 0 bridgehead atoms. The van der Waals surface area contributed by atoms with Crippen molar-refractivity contribution in [3.8, 4) is 10.4 Å². The Bertz CT molecular complexity index is 1130. The minimum absolute atomic E-state index is 0.0114. The second-order valence-corrected chi connectivity index (χ2v) is 11.4. The van der Waals surface area contributed by atoms with Gasteiger partial charge in [-0.05, 0) is 65.4 Å². The third kappa shape index (κ3) is 6.00. The lowest BCUT2D eigenvalue weighted by molar-refractivity contribution is 0.0692. The summed E-state index contributed by atoms with van der Waals surface area (Å²) in [4.78, 5) is 36.8. The van der Waals surface area contributed by atoms with E-state index in [2.05, 4.69) is 20.6 Å². The highest BCUT2D eigenvalue weighted by atomic mass is 32.1. The van der Waals surface area contributed by atoms with Gasteiger partial charge >= 0.3 is 0 Å². The largest absolute Gasteiger partial charge is 0.389 e. The van der Waals surface area contributed by atoms with E-state index in [0.29, 0.717) is 18.3 Å². The van der Waals surface area contributed by atoms with Gasteiger partial charge in [-0.3, -0.25) is 9.59 Å². The number of likely N-dealkylation sites (tertiary alicyclic amines) is 1. The Morgan fingerprint density at radius 2 is 2.03 bits per heavy atom. The Morgan fingerprint density at radius 3 is 2.61 bits per heavy atom. The molecule has 0 aromatic carbocycles. The SMILES string of the molecule is CC(Nc1cc(C(F)F)c(-c2sc(C(=O)NCC(C)(C)O)nc2C(=O)N2CCC[C@@H]2C)cn1)C1CC1. The lowest BCUT2D eigenvalue weighted by Crippen LogP contribution is -2.38. The van der Waals surface area contributed by atoms with Crippen LogP contribution in [0.25, 0.3) is 10.4 Å². The van der Waals surface area contributed by atoms with Crippen molar-refractivity contribution < 1.29 is 23.5 Å². The molecule has 1 aliphatic carbocycles. The van der Waals surface area contributed by atoms with E-state index in [1.54, 1.807) is 18.7 Å². The van der Waals surface area contributed by atoms with Gasteiger partial charge in [0.15, 0.2) is 5.01 Å². The molecule has 2 amide bonds. The number of rotatable bonds is 9. The molecule has 2 atom stereocenters. The minimum atomic E-state index is -2.82. The zero-order valence-corrected chi connectivity index (χ0v) is 21.8. The first kappa shape index (κ1) is 26.4. The summed E-state index contributed by atoms with van der Waals surface area (Å²) < 4.78 is 28.5. The Morgan fingerprint density at radius 1 is 1.31 bits per heavy atom. The van der Waals surface area contributed by atoms with E-state index in [4.69, 9.17) is 0 Å². The van der Waals surface area contributed by atoms with Gasteiger partial charge < -0.3 is 20.6 Å². The number of aliphatic hydroxyl groups is 1. The monoisotopic (exact) mass is 521 g/mol. The van der Waals surface area contributed by atoms with Crippen molar-refractivity contribution in [1.82, 2.24) is 20.2 Å². The molecular weight excluding hydrogens is 488 g/mol. The van der Waals surface area contributed by atoms with Crippen LogP contribution in [0.3, 0.4) is 0 Å². The number of halogens is 2. The fourth-order valence-electron chi connectivity index (χ4n) is 4.36. The van der Waals surface area contributed by atoms with Crippen molar-refractivity contribution in [2.45, 2.75) is 77.5 Å². The van der Waals surface area contributed by atoms with Crippen LogP contribution >= 0.6 is 11.3 Å². The van der Waals surface area contributed by atoms with Crippen molar-refractivity contribution in [2.24, 2.45) is 5.92 Å². The Balaban J connectivity index is 1.73. The molecule has 196 valence electrons. The van der Waals surface area contributed by atoms with Crippen molar-refractivity contribution in [2.75, 3.05) is 18.4 Å². The highest BCUT2D eigenvalue weighted by molar-refractivity contribution is 7.17. The average molecular weight is 522 g/mol. The Hall–Kier alpha value is -2.66. The van der Waals surface area contributed by atoms with Crippen molar-refractivity contribution in [3.05, 3.63) is 28.5 Å². The van der Waals surface area contributed by atoms with Gasteiger partial charge in [-0.25, -0.2) is 18.7 Å². The van der Waals surface area contributed by atoms with E-state index in [1.165, 1.54) is 12.3 Å². The quantitative estimate of drug-likeness (QED) is 0.449.